The lowest BCUT2D eigenvalue weighted by atomic mass is 10.1. The van der Waals surface area contributed by atoms with E-state index in [1.54, 1.807) is 30.3 Å². The molecule has 0 aliphatic carbocycles. The number of carbonyl (C=O) groups is 1. The standard InChI is InChI=1S/C23H22N4O3S2/c1-32(29,30)17-12-10-16(11-13-17)19-7-4-8-20(26-19)23(28)25-15-5-14-24-22-18-6-2-3-9-21(18)31-27-22/h2-4,6-13H,5,14-15H2,1H3,(H,24,27)(H,25,28). The summed E-state index contributed by atoms with van der Waals surface area (Å²) in [5, 5.41) is 7.31. The third-order valence-electron chi connectivity index (χ3n) is 4.87. The van der Waals surface area contributed by atoms with Crippen molar-refractivity contribution in [1.29, 1.82) is 0 Å². The molecular weight excluding hydrogens is 444 g/mol. The third kappa shape index (κ3) is 5.12. The van der Waals surface area contributed by atoms with Gasteiger partial charge in [0.15, 0.2) is 9.84 Å². The third-order valence-corrected chi connectivity index (χ3v) is 6.82. The summed E-state index contributed by atoms with van der Waals surface area (Å²) in [7, 11) is -3.26. The van der Waals surface area contributed by atoms with E-state index in [4.69, 9.17) is 0 Å². The molecule has 4 aromatic rings. The molecule has 0 atom stereocenters. The molecule has 9 heteroatoms. The molecule has 2 N–H and O–H groups in total. The van der Waals surface area contributed by atoms with Crippen LogP contribution in [0.5, 0.6) is 0 Å². The number of rotatable bonds is 8. The van der Waals surface area contributed by atoms with E-state index in [2.05, 4.69) is 20.0 Å². The largest absolute Gasteiger partial charge is 0.369 e. The number of aromatic nitrogens is 2. The van der Waals surface area contributed by atoms with Gasteiger partial charge in [0, 0.05) is 30.3 Å². The molecule has 7 nitrogen and oxygen atoms in total. The number of benzene rings is 2. The quantitative estimate of drug-likeness (QED) is 0.381. The maximum atomic E-state index is 12.5. The molecule has 32 heavy (non-hydrogen) atoms. The van der Waals surface area contributed by atoms with Crippen molar-refractivity contribution < 1.29 is 13.2 Å². The Morgan fingerprint density at radius 1 is 0.969 bits per heavy atom. The van der Waals surface area contributed by atoms with E-state index in [-0.39, 0.29) is 10.8 Å². The van der Waals surface area contributed by atoms with Gasteiger partial charge in [0.05, 0.1) is 15.3 Å². The SMILES string of the molecule is CS(=O)(=O)c1ccc(-c2cccc(C(=O)NCCCNc3nsc4ccccc34)n2)cc1. The first-order chi connectivity index (χ1) is 15.4. The van der Waals surface area contributed by atoms with Crippen LogP contribution < -0.4 is 10.6 Å². The van der Waals surface area contributed by atoms with Crippen molar-refractivity contribution >= 4 is 43.2 Å². The first-order valence-electron chi connectivity index (χ1n) is 10.1. The van der Waals surface area contributed by atoms with Crippen LogP contribution in [0.25, 0.3) is 21.3 Å². The summed E-state index contributed by atoms with van der Waals surface area (Å²) in [6.07, 6.45) is 1.91. The van der Waals surface area contributed by atoms with Crippen LogP contribution in [-0.2, 0) is 9.84 Å². The van der Waals surface area contributed by atoms with Crippen LogP contribution in [0.3, 0.4) is 0 Å². The van der Waals surface area contributed by atoms with Gasteiger partial charge >= 0.3 is 0 Å². The molecule has 0 radical (unpaired) electrons. The number of hydrogen-bond acceptors (Lipinski definition) is 7. The molecular formula is C23H22N4O3S2. The minimum atomic E-state index is -3.26. The summed E-state index contributed by atoms with van der Waals surface area (Å²) in [4.78, 5) is 17.2. The summed E-state index contributed by atoms with van der Waals surface area (Å²) in [5.41, 5.74) is 1.66. The van der Waals surface area contributed by atoms with E-state index in [9.17, 15) is 13.2 Å². The number of pyridine rings is 1. The maximum Gasteiger partial charge on any atom is 0.269 e. The molecule has 2 aromatic heterocycles. The van der Waals surface area contributed by atoms with Crippen molar-refractivity contribution in [1.82, 2.24) is 14.7 Å². The monoisotopic (exact) mass is 466 g/mol. The van der Waals surface area contributed by atoms with E-state index < -0.39 is 9.84 Å². The zero-order chi connectivity index (χ0) is 22.6. The van der Waals surface area contributed by atoms with Crippen LogP contribution in [-0.4, -0.2) is 43.0 Å². The van der Waals surface area contributed by atoms with Crippen molar-refractivity contribution in [2.75, 3.05) is 24.7 Å². The first-order valence-corrected chi connectivity index (χ1v) is 12.7. The van der Waals surface area contributed by atoms with Crippen LogP contribution in [0.2, 0.25) is 0 Å². The van der Waals surface area contributed by atoms with Gasteiger partial charge in [-0.3, -0.25) is 4.79 Å². The molecule has 0 unspecified atom stereocenters. The second kappa shape index (κ2) is 9.46. The van der Waals surface area contributed by atoms with Crippen LogP contribution in [0.1, 0.15) is 16.9 Å². The Morgan fingerprint density at radius 2 is 1.75 bits per heavy atom. The summed E-state index contributed by atoms with van der Waals surface area (Å²) >= 11 is 1.46. The summed E-state index contributed by atoms with van der Waals surface area (Å²) in [6, 6.07) is 19.7. The zero-order valence-electron chi connectivity index (χ0n) is 17.4. The summed E-state index contributed by atoms with van der Waals surface area (Å²) in [6.45, 7) is 1.19. The van der Waals surface area contributed by atoms with Crippen molar-refractivity contribution in [2.24, 2.45) is 0 Å². The molecule has 2 aromatic carbocycles. The number of hydrogen-bond donors (Lipinski definition) is 2. The Hall–Kier alpha value is -3.30. The minimum Gasteiger partial charge on any atom is -0.369 e. The van der Waals surface area contributed by atoms with Gasteiger partial charge in [-0.2, -0.15) is 4.37 Å². The first kappa shape index (κ1) is 21.9. The van der Waals surface area contributed by atoms with Crippen LogP contribution >= 0.6 is 11.5 Å². The van der Waals surface area contributed by atoms with Gasteiger partial charge in [0.2, 0.25) is 0 Å². The Labute approximate surface area is 190 Å². The lowest BCUT2D eigenvalue weighted by Crippen LogP contribution is -2.26. The van der Waals surface area contributed by atoms with Crippen molar-refractivity contribution in [3.05, 3.63) is 72.4 Å². The Morgan fingerprint density at radius 3 is 2.53 bits per heavy atom. The van der Waals surface area contributed by atoms with E-state index in [0.717, 1.165) is 27.9 Å². The van der Waals surface area contributed by atoms with E-state index in [1.807, 2.05) is 24.3 Å². The normalized spacial score (nSPS) is 11.4. The Kier molecular flexibility index (Phi) is 6.48. The van der Waals surface area contributed by atoms with Crippen molar-refractivity contribution in [3.63, 3.8) is 0 Å². The highest BCUT2D eigenvalue weighted by Gasteiger charge is 2.11. The molecule has 0 aliphatic rings. The average Bonchev–Trinajstić information content (AvgIpc) is 3.21. The highest BCUT2D eigenvalue weighted by Crippen LogP contribution is 2.26. The highest BCUT2D eigenvalue weighted by atomic mass is 32.2. The fourth-order valence-corrected chi connectivity index (χ4v) is 4.58. The van der Waals surface area contributed by atoms with Gasteiger partial charge in [0.1, 0.15) is 11.5 Å². The average molecular weight is 467 g/mol. The van der Waals surface area contributed by atoms with Crippen molar-refractivity contribution in [3.8, 4) is 11.3 Å². The number of nitrogens with one attached hydrogen (secondary N) is 2. The van der Waals surface area contributed by atoms with Crippen molar-refractivity contribution in [2.45, 2.75) is 11.3 Å². The second-order valence-corrected chi connectivity index (χ2v) is 10.1. The molecule has 1 amide bonds. The fraction of sp³-hybridized carbons (Fsp3) is 0.174. The number of amides is 1. The molecule has 0 bridgehead atoms. The van der Waals surface area contributed by atoms with E-state index in [0.29, 0.717) is 24.5 Å². The molecule has 4 rings (SSSR count). The van der Waals surface area contributed by atoms with E-state index >= 15 is 0 Å². The predicted octanol–water partition coefficient (Wildman–Crippen LogP) is 3.99. The van der Waals surface area contributed by atoms with Gasteiger partial charge in [-0.25, -0.2) is 13.4 Å². The van der Waals surface area contributed by atoms with E-state index in [1.165, 1.54) is 29.9 Å². The predicted molar refractivity (Wildman–Crippen MR) is 128 cm³/mol. The lowest BCUT2D eigenvalue weighted by Gasteiger charge is -2.08. The molecule has 0 aliphatic heterocycles. The van der Waals surface area contributed by atoms with Gasteiger partial charge in [-0.15, -0.1) is 0 Å². The molecule has 0 saturated carbocycles. The summed E-state index contributed by atoms with van der Waals surface area (Å²) < 4.78 is 28.8. The second-order valence-electron chi connectivity index (χ2n) is 7.27. The van der Waals surface area contributed by atoms with Gasteiger partial charge in [-0.1, -0.05) is 30.3 Å². The number of carbonyl (C=O) groups excluding carboxylic acids is 1. The number of sulfone groups is 1. The van der Waals surface area contributed by atoms with Gasteiger partial charge in [-0.05, 0) is 54.4 Å². The van der Waals surface area contributed by atoms with Gasteiger partial charge < -0.3 is 10.6 Å². The molecule has 0 saturated heterocycles. The zero-order valence-corrected chi connectivity index (χ0v) is 19.0. The Balaban J connectivity index is 1.31. The highest BCUT2D eigenvalue weighted by molar-refractivity contribution is 7.90. The molecule has 0 spiro atoms. The Bertz CT molecular complexity index is 1350. The fourth-order valence-electron chi connectivity index (χ4n) is 3.20. The minimum absolute atomic E-state index is 0.245. The van der Waals surface area contributed by atoms with Crippen LogP contribution in [0.4, 0.5) is 5.82 Å². The number of anilines is 1. The molecule has 164 valence electrons. The number of nitrogens with zero attached hydrogens (tertiary/aromatic N) is 2. The molecule has 2 heterocycles. The van der Waals surface area contributed by atoms with Crippen LogP contribution in [0.15, 0.2) is 71.6 Å². The topological polar surface area (TPSA) is 101 Å². The lowest BCUT2D eigenvalue weighted by molar-refractivity contribution is 0.0948. The molecule has 0 fully saturated rings. The van der Waals surface area contributed by atoms with Gasteiger partial charge in [0.25, 0.3) is 5.91 Å². The van der Waals surface area contributed by atoms with Crippen LogP contribution in [0, 0.1) is 0 Å². The smallest absolute Gasteiger partial charge is 0.269 e. The maximum absolute atomic E-state index is 12.5. The number of fused-ring (bicyclic) bond motifs is 1. The summed E-state index contributed by atoms with van der Waals surface area (Å²) in [5.74, 6) is 0.618.